The van der Waals surface area contributed by atoms with E-state index in [-0.39, 0.29) is 11.9 Å². The first-order valence-electron chi connectivity index (χ1n) is 7.97. The van der Waals surface area contributed by atoms with E-state index in [4.69, 9.17) is 17.4 Å². The Hall–Kier alpha value is -3.31. The van der Waals surface area contributed by atoms with E-state index in [0.717, 1.165) is 24.1 Å². The monoisotopic (exact) mass is 332 g/mol. The first kappa shape index (κ1) is 18.0. The first-order valence-corrected chi connectivity index (χ1v) is 7.97. The Morgan fingerprint density at radius 3 is 2.64 bits per heavy atom. The highest BCUT2D eigenvalue weighted by Gasteiger charge is 2.25. The van der Waals surface area contributed by atoms with E-state index in [9.17, 15) is 4.79 Å². The molecule has 0 saturated carbocycles. The molecule has 2 N–H and O–H groups in total. The lowest BCUT2D eigenvalue weighted by atomic mass is 9.95. The molecule has 0 bridgehead atoms. The number of nitrogens with two attached hydrogens (primary N) is 1. The number of carbonyl (C=O) groups is 1. The summed E-state index contributed by atoms with van der Waals surface area (Å²) in [5.74, 6) is 3.17. The van der Waals surface area contributed by atoms with E-state index in [1.807, 2.05) is 29.2 Å². The standard InChI is InChI=1S/C14H15NO.C6H5N3/c1-4-12-6-8-14-13(9-12)7-5-10(2)15(14)11(3)16;7-3-5-1-2-6(8)9-4-5/h1,6,8-10H,5,7H2,2-3H3;1-2,4H,(H2,8,9)/t10-;/m0./s1. The molecule has 2 aromatic rings. The number of fused-ring (bicyclic) bond motifs is 1. The second-order valence-electron chi connectivity index (χ2n) is 5.85. The SMILES string of the molecule is C#Cc1ccc2c(c1)CC[C@H](C)N2C(C)=O.N#Cc1ccc(N)nc1. The second kappa shape index (κ2) is 7.99. The van der Waals surface area contributed by atoms with Gasteiger partial charge in [0.05, 0.1) is 5.56 Å². The fourth-order valence-electron chi connectivity index (χ4n) is 2.79. The molecule has 0 fully saturated rings. The molecule has 25 heavy (non-hydrogen) atoms. The van der Waals surface area contributed by atoms with Crippen LogP contribution in [0.4, 0.5) is 11.5 Å². The number of nitrogen functional groups attached to an aromatic ring is 1. The fourth-order valence-corrected chi connectivity index (χ4v) is 2.79. The van der Waals surface area contributed by atoms with Crippen LogP contribution in [-0.4, -0.2) is 16.9 Å². The summed E-state index contributed by atoms with van der Waals surface area (Å²) in [5.41, 5.74) is 8.88. The predicted molar refractivity (Wildman–Crippen MR) is 98.7 cm³/mol. The number of aryl methyl sites for hydroxylation is 1. The average molecular weight is 332 g/mol. The van der Waals surface area contributed by atoms with Crippen molar-refractivity contribution in [1.82, 2.24) is 4.98 Å². The van der Waals surface area contributed by atoms with E-state index < -0.39 is 0 Å². The number of nitriles is 1. The van der Waals surface area contributed by atoms with E-state index in [0.29, 0.717) is 11.4 Å². The number of nitrogens with zero attached hydrogens (tertiary/aromatic N) is 3. The summed E-state index contributed by atoms with van der Waals surface area (Å²) in [4.78, 5) is 17.2. The molecule has 1 atom stereocenters. The Morgan fingerprint density at radius 1 is 1.36 bits per heavy atom. The van der Waals surface area contributed by atoms with Gasteiger partial charge in [0.25, 0.3) is 0 Å². The Balaban J connectivity index is 0.000000212. The van der Waals surface area contributed by atoms with Gasteiger partial charge in [0.1, 0.15) is 11.9 Å². The number of anilines is 2. The molecule has 1 aliphatic heterocycles. The Labute approximate surface area is 148 Å². The van der Waals surface area contributed by atoms with Crippen molar-refractivity contribution >= 4 is 17.4 Å². The quantitative estimate of drug-likeness (QED) is 0.752. The number of amides is 1. The van der Waals surface area contributed by atoms with Gasteiger partial charge in [-0.2, -0.15) is 5.26 Å². The number of hydrogen-bond acceptors (Lipinski definition) is 4. The molecular formula is C20H20N4O. The summed E-state index contributed by atoms with van der Waals surface area (Å²) >= 11 is 0. The third kappa shape index (κ3) is 4.37. The van der Waals surface area contributed by atoms with Crippen molar-refractivity contribution in [3.63, 3.8) is 0 Å². The van der Waals surface area contributed by atoms with Gasteiger partial charge in [0.15, 0.2) is 0 Å². The van der Waals surface area contributed by atoms with Gasteiger partial charge in [-0.15, -0.1) is 6.42 Å². The molecule has 0 unspecified atom stereocenters. The number of hydrogen-bond donors (Lipinski definition) is 1. The van der Waals surface area contributed by atoms with Crippen LogP contribution >= 0.6 is 0 Å². The van der Waals surface area contributed by atoms with Crippen molar-refractivity contribution in [3.8, 4) is 18.4 Å². The Bertz CT molecular complexity index is 843. The Kier molecular flexibility index (Phi) is 5.76. The van der Waals surface area contributed by atoms with Crippen LogP contribution in [0.5, 0.6) is 0 Å². The predicted octanol–water partition coefficient (Wildman–Crippen LogP) is 2.89. The first-order chi connectivity index (χ1) is 12.0. The molecule has 1 aromatic carbocycles. The number of carbonyl (C=O) groups excluding carboxylic acids is 1. The molecule has 0 aliphatic carbocycles. The van der Waals surface area contributed by atoms with Gasteiger partial charge < -0.3 is 10.6 Å². The van der Waals surface area contributed by atoms with E-state index in [1.165, 1.54) is 11.8 Å². The minimum Gasteiger partial charge on any atom is -0.384 e. The summed E-state index contributed by atoms with van der Waals surface area (Å²) in [5, 5.41) is 8.30. The molecule has 0 spiro atoms. The Morgan fingerprint density at radius 2 is 2.08 bits per heavy atom. The lowest BCUT2D eigenvalue weighted by Gasteiger charge is -2.34. The number of pyridine rings is 1. The second-order valence-corrected chi connectivity index (χ2v) is 5.85. The van der Waals surface area contributed by atoms with Crippen molar-refractivity contribution in [1.29, 1.82) is 5.26 Å². The summed E-state index contributed by atoms with van der Waals surface area (Å²) in [6.45, 7) is 3.69. The highest BCUT2D eigenvalue weighted by Crippen LogP contribution is 2.31. The number of terminal acetylenes is 1. The summed E-state index contributed by atoms with van der Waals surface area (Å²) in [6.07, 6.45) is 8.81. The van der Waals surface area contributed by atoms with Gasteiger partial charge in [0.2, 0.25) is 5.91 Å². The molecule has 1 aliphatic rings. The minimum absolute atomic E-state index is 0.0990. The number of benzene rings is 1. The van der Waals surface area contributed by atoms with Gasteiger partial charge >= 0.3 is 0 Å². The van der Waals surface area contributed by atoms with E-state index in [2.05, 4.69) is 17.8 Å². The van der Waals surface area contributed by atoms with Crippen LogP contribution in [-0.2, 0) is 11.2 Å². The zero-order valence-corrected chi connectivity index (χ0v) is 14.4. The maximum atomic E-state index is 11.6. The molecule has 1 amide bonds. The van der Waals surface area contributed by atoms with Crippen LogP contribution < -0.4 is 10.6 Å². The van der Waals surface area contributed by atoms with Gasteiger partial charge in [-0.05, 0) is 55.7 Å². The maximum Gasteiger partial charge on any atom is 0.224 e. The molecule has 5 nitrogen and oxygen atoms in total. The van der Waals surface area contributed by atoms with Crippen molar-refractivity contribution in [3.05, 3.63) is 53.2 Å². The van der Waals surface area contributed by atoms with Crippen LogP contribution in [0.2, 0.25) is 0 Å². The molecule has 2 heterocycles. The van der Waals surface area contributed by atoms with Crippen LogP contribution in [0.25, 0.3) is 0 Å². The van der Waals surface area contributed by atoms with Gasteiger partial charge in [-0.25, -0.2) is 4.98 Å². The zero-order chi connectivity index (χ0) is 18.4. The van der Waals surface area contributed by atoms with Crippen molar-refractivity contribution in [2.45, 2.75) is 32.7 Å². The topological polar surface area (TPSA) is 83.0 Å². The van der Waals surface area contributed by atoms with Gasteiger partial charge in [0, 0.05) is 30.4 Å². The highest BCUT2D eigenvalue weighted by atomic mass is 16.2. The smallest absolute Gasteiger partial charge is 0.224 e. The molecule has 0 saturated heterocycles. The number of aromatic nitrogens is 1. The van der Waals surface area contributed by atoms with E-state index >= 15 is 0 Å². The minimum atomic E-state index is 0.0990. The van der Waals surface area contributed by atoms with Crippen molar-refractivity contribution in [2.75, 3.05) is 10.6 Å². The lowest BCUT2D eigenvalue weighted by Crippen LogP contribution is -2.40. The van der Waals surface area contributed by atoms with Crippen LogP contribution in [0.3, 0.4) is 0 Å². The van der Waals surface area contributed by atoms with Gasteiger partial charge in [-0.1, -0.05) is 5.92 Å². The lowest BCUT2D eigenvalue weighted by molar-refractivity contribution is -0.117. The fraction of sp³-hybridized carbons (Fsp3) is 0.250. The maximum absolute atomic E-state index is 11.6. The summed E-state index contributed by atoms with van der Waals surface area (Å²) in [7, 11) is 0. The molecule has 126 valence electrons. The van der Waals surface area contributed by atoms with Crippen LogP contribution in [0.1, 0.15) is 37.0 Å². The summed E-state index contributed by atoms with van der Waals surface area (Å²) in [6, 6.07) is 11.3. The van der Waals surface area contributed by atoms with E-state index in [1.54, 1.807) is 19.1 Å². The third-order valence-electron chi connectivity index (χ3n) is 4.03. The largest absolute Gasteiger partial charge is 0.384 e. The molecular weight excluding hydrogens is 312 g/mol. The molecule has 1 aromatic heterocycles. The van der Waals surface area contributed by atoms with Gasteiger partial charge in [-0.3, -0.25) is 4.79 Å². The van der Waals surface area contributed by atoms with Crippen LogP contribution in [0.15, 0.2) is 36.5 Å². The highest BCUT2D eigenvalue weighted by molar-refractivity contribution is 5.93. The van der Waals surface area contributed by atoms with Crippen molar-refractivity contribution in [2.24, 2.45) is 0 Å². The third-order valence-corrected chi connectivity index (χ3v) is 4.03. The number of rotatable bonds is 0. The van der Waals surface area contributed by atoms with Crippen molar-refractivity contribution < 1.29 is 4.79 Å². The van der Waals surface area contributed by atoms with Crippen LogP contribution in [0, 0.1) is 23.7 Å². The average Bonchev–Trinajstić information content (AvgIpc) is 2.62. The normalized spacial score (nSPS) is 15.0. The summed E-state index contributed by atoms with van der Waals surface area (Å²) < 4.78 is 0. The molecule has 3 rings (SSSR count). The molecule has 0 radical (unpaired) electrons. The zero-order valence-electron chi connectivity index (χ0n) is 14.4. The molecule has 5 heteroatoms.